The Hall–Kier alpha value is -2.47. The molecule has 2 N–H and O–H groups in total. The largest absolute Gasteiger partial charge is 0.376 e. The zero-order chi connectivity index (χ0) is 20.1. The molecule has 0 bridgehead atoms. The van der Waals surface area contributed by atoms with E-state index in [4.69, 9.17) is 4.74 Å². The summed E-state index contributed by atoms with van der Waals surface area (Å²) in [5, 5.41) is 2.96. The molecule has 1 aliphatic carbocycles. The van der Waals surface area contributed by atoms with Crippen LogP contribution in [0.5, 0.6) is 0 Å². The van der Waals surface area contributed by atoms with Gasteiger partial charge in [0.15, 0.2) is 0 Å². The standard InChI is InChI=1S/C23H29N3O3/c27-22(24-14-21-25-20-10-11-29-15-19(20)23(28)26-21)13-18(12-16-6-4-5-7-16)17-8-2-1-3-9-17/h1-3,8-9,16,18H,4-7,10-15H2,(H,24,27)(H,25,26,28). The summed E-state index contributed by atoms with van der Waals surface area (Å²) in [6.07, 6.45) is 7.32. The predicted octanol–water partition coefficient (Wildman–Crippen LogP) is 3.21. The van der Waals surface area contributed by atoms with Gasteiger partial charge in [0, 0.05) is 12.8 Å². The van der Waals surface area contributed by atoms with Crippen LogP contribution in [0.4, 0.5) is 0 Å². The maximum atomic E-state index is 12.7. The summed E-state index contributed by atoms with van der Waals surface area (Å²) in [6.45, 7) is 1.13. The van der Waals surface area contributed by atoms with Gasteiger partial charge in [0.2, 0.25) is 5.91 Å². The number of H-pyrrole nitrogens is 1. The first-order valence-electron chi connectivity index (χ1n) is 10.7. The summed E-state index contributed by atoms with van der Waals surface area (Å²) in [7, 11) is 0. The molecule has 0 saturated heterocycles. The number of carbonyl (C=O) groups excluding carboxylic acids is 1. The molecule has 1 saturated carbocycles. The second kappa shape index (κ2) is 9.35. The van der Waals surface area contributed by atoms with Crippen LogP contribution >= 0.6 is 0 Å². The Bertz CT molecular complexity index is 888. The van der Waals surface area contributed by atoms with Gasteiger partial charge in [-0.1, -0.05) is 56.0 Å². The molecule has 6 heteroatoms. The number of hydrogen-bond donors (Lipinski definition) is 2. The van der Waals surface area contributed by atoms with E-state index in [1.165, 1.54) is 31.2 Å². The first-order valence-corrected chi connectivity index (χ1v) is 10.7. The lowest BCUT2D eigenvalue weighted by Crippen LogP contribution is -2.30. The molecule has 6 nitrogen and oxygen atoms in total. The molecule has 154 valence electrons. The van der Waals surface area contributed by atoms with Gasteiger partial charge in [-0.2, -0.15) is 0 Å². The van der Waals surface area contributed by atoms with Crippen LogP contribution in [-0.2, 0) is 29.1 Å². The normalized spacial score (nSPS) is 17.7. The van der Waals surface area contributed by atoms with Gasteiger partial charge in [-0.3, -0.25) is 9.59 Å². The number of nitrogens with zero attached hydrogens (tertiary/aromatic N) is 1. The zero-order valence-corrected chi connectivity index (χ0v) is 16.8. The first-order chi connectivity index (χ1) is 14.2. The van der Waals surface area contributed by atoms with Crippen molar-refractivity contribution < 1.29 is 9.53 Å². The first kappa shape index (κ1) is 19.8. The maximum Gasteiger partial charge on any atom is 0.256 e. The Morgan fingerprint density at radius 1 is 1.24 bits per heavy atom. The number of nitrogens with one attached hydrogen (secondary N) is 2. The summed E-state index contributed by atoms with van der Waals surface area (Å²) in [5.41, 5.74) is 2.46. The summed E-state index contributed by atoms with van der Waals surface area (Å²) >= 11 is 0. The van der Waals surface area contributed by atoms with Gasteiger partial charge >= 0.3 is 0 Å². The smallest absolute Gasteiger partial charge is 0.256 e. The van der Waals surface area contributed by atoms with Gasteiger partial charge in [-0.15, -0.1) is 0 Å². The van der Waals surface area contributed by atoms with E-state index in [1.54, 1.807) is 0 Å². The Labute approximate surface area is 171 Å². The SMILES string of the molecule is O=C(CC(CC1CCCC1)c1ccccc1)NCc1nc2c(c(=O)[nH]1)COCC2. The van der Waals surface area contributed by atoms with E-state index in [2.05, 4.69) is 27.4 Å². The van der Waals surface area contributed by atoms with Crippen molar-refractivity contribution in [2.45, 2.75) is 64.0 Å². The highest BCUT2D eigenvalue weighted by atomic mass is 16.5. The third-order valence-corrected chi connectivity index (χ3v) is 6.13. The van der Waals surface area contributed by atoms with Crippen LogP contribution in [0.2, 0.25) is 0 Å². The van der Waals surface area contributed by atoms with Gasteiger partial charge in [0.05, 0.1) is 31.0 Å². The van der Waals surface area contributed by atoms with Gasteiger partial charge in [-0.25, -0.2) is 4.98 Å². The average molecular weight is 396 g/mol. The lowest BCUT2D eigenvalue weighted by atomic mass is 9.85. The van der Waals surface area contributed by atoms with Crippen LogP contribution in [0.3, 0.4) is 0 Å². The third-order valence-electron chi connectivity index (χ3n) is 6.13. The molecule has 1 atom stereocenters. The monoisotopic (exact) mass is 395 g/mol. The van der Waals surface area contributed by atoms with E-state index in [0.717, 1.165) is 12.1 Å². The molecular weight excluding hydrogens is 366 g/mol. The fourth-order valence-electron chi connectivity index (χ4n) is 4.57. The molecule has 2 heterocycles. The lowest BCUT2D eigenvalue weighted by molar-refractivity contribution is -0.121. The van der Waals surface area contributed by atoms with Crippen molar-refractivity contribution in [1.82, 2.24) is 15.3 Å². The van der Waals surface area contributed by atoms with E-state index >= 15 is 0 Å². The fourth-order valence-corrected chi connectivity index (χ4v) is 4.57. The van der Waals surface area contributed by atoms with Crippen molar-refractivity contribution in [2.24, 2.45) is 5.92 Å². The Balaban J connectivity index is 1.39. The molecular formula is C23H29N3O3. The number of rotatable bonds is 7. The average Bonchev–Trinajstić information content (AvgIpc) is 3.26. The molecule has 1 aromatic carbocycles. The highest BCUT2D eigenvalue weighted by Crippen LogP contribution is 2.35. The summed E-state index contributed by atoms with van der Waals surface area (Å²) in [6, 6.07) is 10.3. The van der Waals surface area contributed by atoms with Gasteiger partial charge < -0.3 is 15.0 Å². The molecule has 4 rings (SSSR count). The van der Waals surface area contributed by atoms with Gasteiger partial charge in [0.1, 0.15) is 5.82 Å². The summed E-state index contributed by atoms with van der Waals surface area (Å²) in [5.74, 6) is 1.46. The second-order valence-corrected chi connectivity index (χ2v) is 8.22. The van der Waals surface area contributed by atoms with Crippen molar-refractivity contribution >= 4 is 5.91 Å². The Morgan fingerprint density at radius 3 is 2.83 bits per heavy atom. The van der Waals surface area contributed by atoms with Crippen LogP contribution in [-0.4, -0.2) is 22.5 Å². The Morgan fingerprint density at radius 2 is 2.03 bits per heavy atom. The lowest BCUT2D eigenvalue weighted by Gasteiger charge is -2.21. The topological polar surface area (TPSA) is 84.1 Å². The van der Waals surface area contributed by atoms with Gasteiger partial charge in [-0.05, 0) is 23.8 Å². The van der Waals surface area contributed by atoms with E-state index < -0.39 is 0 Å². The number of aromatic nitrogens is 2. The van der Waals surface area contributed by atoms with Crippen molar-refractivity contribution in [1.29, 1.82) is 0 Å². The molecule has 2 aliphatic rings. The van der Waals surface area contributed by atoms with Crippen LogP contribution in [0.1, 0.15) is 67.1 Å². The van der Waals surface area contributed by atoms with E-state index in [1.807, 2.05) is 18.2 Å². The highest BCUT2D eigenvalue weighted by Gasteiger charge is 2.23. The molecule has 1 aromatic heterocycles. The van der Waals surface area contributed by atoms with Crippen LogP contribution in [0.15, 0.2) is 35.1 Å². The number of hydrogen-bond acceptors (Lipinski definition) is 4. The molecule has 1 fully saturated rings. The van der Waals surface area contributed by atoms with Crippen molar-refractivity contribution in [3.05, 3.63) is 63.3 Å². The van der Waals surface area contributed by atoms with Crippen LogP contribution in [0.25, 0.3) is 0 Å². The molecule has 1 aliphatic heterocycles. The molecule has 2 aromatic rings. The minimum absolute atomic E-state index is 0.000512. The van der Waals surface area contributed by atoms with Crippen LogP contribution in [0, 0.1) is 5.92 Å². The maximum absolute atomic E-state index is 12.7. The summed E-state index contributed by atoms with van der Waals surface area (Å²) < 4.78 is 5.33. The number of carbonyl (C=O) groups is 1. The number of fused-ring (bicyclic) bond motifs is 1. The molecule has 29 heavy (non-hydrogen) atoms. The zero-order valence-electron chi connectivity index (χ0n) is 16.8. The second-order valence-electron chi connectivity index (χ2n) is 8.22. The van der Waals surface area contributed by atoms with E-state index in [-0.39, 0.29) is 23.9 Å². The molecule has 1 amide bonds. The predicted molar refractivity (Wildman–Crippen MR) is 110 cm³/mol. The molecule has 1 unspecified atom stereocenters. The molecule has 0 spiro atoms. The number of aromatic amines is 1. The van der Waals surface area contributed by atoms with Crippen molar-refractivity contribution in [2.75, 3.05) is 6.61 Å². The van der Waals surface area contributed by atoms with Crippen LogP contribution < -0.4 is 10.9 Å². The van der Waals surface area contributed by atoms with E-state index in [9.17, 15) is 9.59 Å². The fraction of sp³-hybridized carbons (Fsp3) is 0.522. The number of amides is 1. The minimum atomic E-state index is -0.164. The highest BCUT2D eigenvalue weighted by molar-refractivity contribution is 5.76. The summed E-state index contributed by atoms with van der Waals surface area (Å²) in [4.78, 5) is 32.2. The van der Waals surface area contributed by atoms with Gasteiger partial charge in [0.25, 0.3) is 5.56 Å². The Kier molecular flexibility index (Phi) is 6.39. The third kappa shape index (κ3) is 5.12. The van der Waals surface area contributed by atoms with E-state index in [0.29, 0.717) is 43.4 Å². The molecule has 0 radical (unpaired) electrons. The minimum Gasteiger partial charge on any atom is -0.376 e. The van der Waals surface area contributed by atoms with Crippen molar-refractivity contribution in [3.63, 3.8) is 0 Å². The quantitative estimate of drug-likeness (QED) is 0.754. The number of benzene rings is 1. The van der Waals surface area contributed by atoms with Crippen molar-refractivity contribution in [3.8, 4) is 0 Å². The number of ether oxygens (including phenoxy) is 1.